The summed E-state index contributed by atoms with van der Waals surface area (Å²) < 4.78 is 5.39. The quantitative estimate of drug-likeness (QED) is 0.839. The molecule has 2 rings (SSSR count). The topological polar surface area (TPSA) is 59.5 Å². The van der Waals surface area contributed by atoms with E-state index in [9.17, 15) is 4.79 Å². The number of nitrogens with zero attached hydrogens (tertiary/aromatic N) is 1. The Morgan fingerprint density at radius 2 is 2.25 bits per heavy atom. The summed E-state index contributed by atoms with van der Waals surface area (Å²) in [7, 11) is 0. The molecule has 0 unspecified atom stereocenters. The van der Waals surface area contributed by atoms with Gasteiger partial charge in [0.05, 0.1) is 5.56 Å². The van der Waals surface area contributed by atoms with Crippen molar-refractivity contribution in [2.45, 2.75) is 32.7 Å². The van der Waals surface area contributed by atoms with E-state index in [4.69, 9.17) is 10.2 Å². The van der Waals surface area contributed by atoms with Crippen LogP contribution in [0.25, 0.3) is 0 Å². The fourth-order valence-corrected chi connectivity index (χ4v) is 1.97. The average Bonchev–Trinajstić information content (AvgIpc) is 3.00. The predicted molar refractivity (Wildman–Crippen MR) is 61.3 cm³/mol. The number of amides is 1. The van der Waals surface area contributed by atoms with Gasteiger partial charge in [0.15, 0.2) is 0 Å². The molecule has 16 heavy (non-hydrogen) atoms. The Labute approximate surface area is 95.4 Å². The number of rotatable bonds is 4. The summed E-state index contributed by atoms with van der Waals surface area (Å²) in [6.07, 6.45) is 2.20. The standard InChI is InChI=1S/C12H18N2O2/c1-8-7-11(9(2)16-8)12(15)14(6-5-13)10-3-4-10/h7,10H,3-6,13H2,1-2H3. The Hall–Kier alpha value is -1.29. The van der Waals surface area contributed by atoms with E-state index in [-0.39, 0.29) is 5.91 Å². The molecule has 0 bridgehead atoms. The maximum atomic E-state index is 12.3. The highest BCUT2D eigenvalue weighted by Crippen LogP contribution is 2.29. The van der Waals surface area contributed by atoms with E-state index in [2.05, 4.69) is 0 Å². The van der Waals surface area contributed by atoms with Crippen LogP contribution in [0.4, 0.5) is 0 Å². The van der Waals surface area contributed by atoms with Crippen molar-refractivity contribution in [3.05, 3.63) is 23.2 Å². The smallest absolute Gasteiger partial charge is 0.257 e. The number of nitrogens with two attached hydrogens (primary N) is 1. The van der Waals surface area contributed by atoms with Crippen LogP contribution in [-0.2, 0) is 0 Å². The van der Waals surface area contributed by atoms with E-state index in [0.29, 0.717) is 30.5 Å². The van der Waals surface area contributed by atoms with Crippen molar-refractivity contribution in [2.75, 3.05) is 13.1 Å². The summed E-state index contributed by atoms with van der Waals surface area (Å²) in [5, 5.41) is 0. The Morgan fingerprint density at radius 3 is 2.69 bits per heavy atom. The normalized spacial score (nSPS) is 15.2. The number of carbonyl (C=O) groups excluding carboxylic acids is 1. The van der Waals surface area contributed by atoms with Crippen LogP contribution in [0.15, 0.2) is 10.5 Å². The van der Waals surface area contributed by atoms with Crippen LogP contribution in [0.1, 0.15) is 34.7 Å². The van der Waals surface area contributed by atoms with Crippen LogP contribution in [0.2, 0.25) is 0 Å². The van der Waals surface area contributed by atoms with Gasteiger partial charge in [0.1, 0.15) is 11.5 Å². The molecule has 1 aliphatic carbocycles. The maximum Gasteiger partial charge on any atom is 0.257 e. The fourth-order valence-electron chi connectivity index (χ4n) is 1.97. The molecular formula is C12H18N2O2. The van der Waals surface area contributed by atoms with E-state index in [0.717, 1.165) is 18.6 Å². The minimum atomic E-state index is 0.0577. The van der Waals surface area contributed by atoms with Gasteiger partial charge in [-0.15, -0.1) is 0 Å². The highest BCUT2D eigenvalue weighted by Gasteiger charge is 2.33. The first kappa shape index (κ1) is 11.2. The average molecular weight is 222 g/mol. The van der Waals surface area contributed by atoms with Crippen LogP contribution in [0.5, 0.6) is 0 Å². The molecule has 0 radical (unpaired) electrons. The van der Waals surface area contributed by atoms with Gasteiger partial charge in [-0.25, -0.2) is 0 Å². The molecule has 0 atom stereocenters. The molecular weight excluding hydrogens is 204 g/mol. The number of carbonyl (C=O) groups is 1. The molecule has 88 valence electrons. The largest absolute Gasteiger partial charge is 0.466 e. The first-order chi connectivity index (χ1) is 7.63. The van der Waals surface area contributed by atoms with Crippen molar-refractivity contribution in [3.63, 3.8) is 0 Å². The van der Waals surface area contributed by atoms with Gasteiger partial charge in [-0.2, -0.15) is 0 Å². The molecule has 0 saturated heterocycles. The minimum Gasteiger partial charge on any atom is -0.466 e. The summed E-state index contributed by atoms with van der Waals surface area (Å²) in [4.78, 5) is 14.1. The van der Waals surface area contributed by atoms with Gasteiger partial charge in [-0.1, -0.05) is 0 Å². The second-order valence-electron chi connectivity index (χ2n) is 4.35. The van der Waals surface area contributed by atoms with Crippen molar-refractivity contribution in [1.29, 1.82) is 0 Å². The third-order valence-corrected chi connectivity index (χ3v) is 2.89. The van der Waals surface area contributed by atoms with E-state index in [1.54, 1.807) is 0 Å². The van der Waals surface area contributed by atoms with E-state index < -0.39 is 0 Å². The molecule has 1 amide bonds. The van der Waals surface area contributed by atoms with E-state index >= 15 is 0 Å². The summed E-state index contributed by atoms with van der Waals surface area (Å²) >= 11 is 0. The van der Waals surface area contributed by atoms with Gasteiger partial charge < -0.3 is 15.1 Å². The number of hydrogen-bond acceptors (Lipinski definition) is 3. The molecule has 1 aromatic heterocycles. The zero-order chi connectivity index (χ0) is 11.7. The minimum absolute atomic E-state index is 0.0577. The van der Waals surface area contributed by atoms with Crippen LogP contribution in [0, 0.1) is 13.8 Å². The lowest BCUT2D eigenvalue weighted by Crippen LogP contribution is -2.37. The lowest BCUT2D eigenvalue weighted by Gasteiger charge is -2.21. The summed E-state index contributed by atoms with van der Waals surface area (Å²) in [5.41, 5.74) is 6.22. The van der Waals surface area contributed by atoms with E-state index in [1.165, 1.54) is 0 Å². The Kier molecular flexibility index (Phi) is 3.01. The molecule has 0 aliphatic heterocycles. The Bertz CT molecular complexity index is 394. The Balaban J connectivity index is 2.18. The molecule has 0 spiro atoms. The Morgan fingerprint density at radius 1 is 1.56 bits per heavy atom. The molecule has 1 heterocycles. The zero-order valence-corrected chi connectivity index (χ0v) is 9.82. The first-order valence-corrected chi connectivity index (χ1v) is 5.71. The summed E-state index contributed by atoms with van der Waals surface area (Å²) in [5.74, 6) is 1.54. The molecule has 1 saturated carbocycles. The van der Waals surface area contributed by atoms with Crippen molar-refractivity contribution in [2.24, 2.45) is 5.73 Å². The SMILES string of the molecule is Cc1cc(C(=O)N(CCN)C2CC2)c(C)o1. The lowest BCUT2D eigenvalue weighted by molar-refractivity contribution is 0.0746. The number of aryl methyl sites for hydroxylation is 2. The predicted octanol–water partition coefficient (Wildman–Crippen LogP) is 1.46. The molecule has 2 N–H and O–H groups in total. The third-order valence-electron chi connectivity index (χ3n) is 2.89. The second kappa shape index (κ2) is 4.29. The molecule has 1 fully saturated rings. The number of hydrogen-bond donors (Lipinski definition) is 1. The second-order valence-corrected chi connectivity index (χ2v) is 4.35. The van der Waals surface area contributed by atoms with Gasteiger partial charge in [0.2, 0.25) is 0 Å². The van der Waals surface area contributed by atoms with Gasteiger partial charge in [-0.05, 0) is 32.8 Å². The van der Waals surface area contributed by atoms with Gasteiger partial charge in [-0.3, -0.25) is 4.79 Å². The van der Waals surface area contributed by atoms with Crippen LogP contribution < -0.4 is 5.73 Å². The van der Waals surface area contributed by atoms with Gasteiger partial charge in [0, 0.05) is 19.1 Å². The van der Waals surface area contributed by atoms with Gasteiger partial charge in [0.25, 0.3) is 5.91 Å². The van der Waals surface area contributed by atoms with E-state index in [1.807, 2.05) is 24.8 Å². The highest BCUT2D eigenvalue weighted by atomic mass is 16.3. The van der Waals surface area contributed by atoms with Crippen molar-refractivity contribution in [3.8, 4) is 0 Å². The lowest BCUT2D eigenvalue weighted by atomic mass is 10.2. The first-order valence-electron chi connectivity index (χ1n) is 5.71. The molecule has 0 aromatic carbocycles. The molecule has 1 aromatic rings. The molecule has 4 nitrogen and oxygen atoms in total. The molecule has 1 aliphatic rings. The van der Waals surface area contributed by atoms with Crippen molar-refractivity contribution in [1.82, 2.24) is 4.90 Å². The monoisotopic (exact) mass is 222 g/mol. The van der Waals surface area contributed by atoms with Crippen LogP contribution >= 0.6 is 0 Å². The van der Waals surface area contributed by atoms with Crippen LogP contribution in [-0.4, -0.2) is 29.9 Å². The van der Waals surface area contributed by atoms with Gasteiger partial charge >= 0.3 is 0 Å². The summed E-state index contributed by atoms with van der Waals surface area (Å²) in [6.45, 7) is 4.83. The number of furan rings is 1. The van der Waals surface area contributed by atoms with Crippen molar-refractivity contribution < 1.29 is 9.21 Å². The maximum absolute atomic E-state index is 12.3. The third kappa shape index (κ3) is 2.11. The fraction of sp³-hybridized carbons (Fsp3) is 0.583. The summed E-state index contributed by atoms with van der Waals surface area (Å²) in [6, 6.07) is 2.20. The molecule has 4 heteroatoms. The van der Waals surface area contributed by atoms with Crippen LogP contribution in [0.3, 0.4) is 0 Å². The highest BCUT2D eigenvalue weighted by molar-refractivity contribution is 5.95. The van der Waals surface area contributed by atoms with Crippen molar-refractivity contribution >= 4 is 5.91 Å². The zero-order valence-electron chi connectivity index (χ0n) is 9.82.